The second-order valence-electron chi connectivity index (χ2n) is 7.18. The predicted octanol–water partition coefficient (Wildman–Crippen LogP) is 2.88. The molecule has 3 heterocycles. The third kappa shape index (κ3) is 1.75. The summed E-state index contributed by atoms with van der Waals surface area (Å²) < 4.78 is 5.90. The van der Waals surface area contributed by atoms with Crippen LogP contribution in [0.5, 0.6) is 0 Å². The van der Waals surface area contributed by atoms with Crippen LogP contribution in [0.15, 0.2) is 57.7 Å². The smallest absolute Gasteiger partial charge is 0.291 e. The van der Waals surface area contributed by atoms with Crippen LogP contribution in [0.2, 0.25) is 0 Å². The Labute approximate surface area is 161 Å². The molecule has 6 heteroatoms. The van der Waals surface area contributed by atoms with Gasteiger partial charge in [-0.1, -0.05) is 37.3 Å². The summed E-state index contributed by atoms with van der Waals surface area (Å²) in [4.78, 5) is 43.5. The minimum Gasteiger partial charge on any atom is -0.450 e. The lowest BCUT2D eigenvalue weighted by Gasteiger charge is -2.33. The molecule has 2 aliphatic heterocycles. The van der Waals surface area contributed by atoms with Gasteiger partial charge in [0.25, 0.3) is 11.8 Å². The Morgan fingerprint density at radius 3 is 2.50 bits per heavy atom. The highest BCUT2D eigenvalue weighted by Crippen LogP contribution is 2.51. The van der Waals surface area contributed by atoms with Crippen molar-refractivity contribution >= 4 is 28.5 Å². The number of carbonyl (C=O) groups excluding carboxylic acids is 2. The Bertz CT molecular complexity index is 1230. The molecule has 6 nitrogen and oxygen atoms in total. The van der Waals surface area contributed by atoms with E-state index in [0.29, 0.717) is 35.2 Å². The van der Waals surface area contributed by atoms with Gasteiger partial charge in [0.15, 0.2) is 11.0 Å². The molecule has 0 N–H and O–H groups in total. The van der Waals surface area contributed by atoms with Gasteiger partial charge in [-0.2, -0.15) is 0 Å². The molecule has 2 aliphatic rings. The largest absolute Gasteiger partial charge is 0.450 e. The van der Waals surface area contributed by atoms with Gasteiger partial charge in [0.1, 0.15) is 5.58 Å². The van der Waals surface area contributed by atoms with E-state index < -0.39 is 11.4 Å². The number of hydrogen-bond donors (Lipinski definition) is 0. The van der Waals surface area contributed by atoms with Crippen LogP contribution in [0.4, 0.5) is 5.69 Å². The third-order valence-electron chi connectivity index (χ3n) is 5.72. The monoisotopic (exact) mass is 374 g/mol. The molecule has 0 aliphatic carbocycles. The maximum absolute atomic E-state index is 13.6. The van der Waals surface area contributed by atoms with Crippen LogP contribution in [0.3, 0.4) is 0 Å². The van der Waals surface area contributed by atoms with Gasteiger partial charge in [-0.25, -0.2) is 0 Å². The third-order valence-corrected chi connectivity index (χ3v) is 5.72. The lowest BCUT2D eigenvalue weighted by Crippen LogP contribution is -2.53. The van der Waals surface area contributed by atoms with E-state index in [9.17, 15) is 14.4 Å². The number of rotatable bonds is 2. The van der Waals surface area contributed by atoms with Crippen molar-refractivity contribution in [3.8, 4) is 0 Å². The van der Waals surface area contributed by atoms with Crippen molar-refractivity contribution in [3.63, 3.8) is 0 Å². The highest BCUT2D eigenvalue weighted by atomic mass is 16.3. The maximum atomic E-state index is 13.6. The second kappa shape index (κ2) is 5.55. The summed E-state index contributed by atoms with van der Waals surface area (Å²) in [6.45, 7) is 2.28. The van der Waals surface area contributed by atoms with Crippen LogP contribution >= 0.6 is 0 Å². The Kier molecular flexibility index (Phi) is 3.32. The lowest BCUT2D eigenvalue weighted by atomic mass is 9.84. The fourth-order valence-corrected chi connectivity index (χ4v) is 4.57. The zero-order valence-corrected chi connectivity index (χ0v) is 15.6. The quantitative estimate of drug-likeness (QED) is 0.692. The molecule has 1 atom stereocenters. The van der Waals surface area contributed by atoms with E-state index in [4.69, 9.17) is 4.42 Å². The number of amides is 2. The van der Waals surface area contributed by atoms with Gasteiger partial charge in [-0.3, -0.25) is 14.4 Å². The van der Waals surface area contributed by atoms with Gasteiger partial charge < -0.3 is 14.2 Å². The van der Waals surface area contributed by atoms with Crippen LogP contribution in [0.1, 0.15) is 35.0 Å². The van der Waals surface area contributed by atoms with Crippen molar-refractivity contribution in [1.29, 1.82) is 0 Å². The Morgan fingerprint density at radius 2 is 1.71 bits per heavy atom. The first-order valence-corrected chi connectivity index (χ1v) is 9.29. The van der Waals surface area contributed by atoms with Crippen molar-refractivity contribution in [2.24, 2.45) is 0 Å². The average Bonchev–Trinajstić information content (AvgIpc) is 3.09. The minimum absolute atomic E-state index is 0.0318. The topological polar surface area (TPSA) is 70.8 Å². The number of fused-ring (bicyclic) bond motifs is 5. The van der Waals surface area contributed by atoms with Gasteiger partial charge in [0.2, 0.25) is 5.76 Å². The first-order valence-electron chi connectivity index (χ1n) is 9.29. The van der Waals surface area contributed by atoms with E-state index in [1.54, 1.807) is 31.3 Å². The van der Waals surface area contributed by atoms with Crippen molar-refractivity contribution in [2.75, 3.05) is 18.5 Å². The van der Waals surface area contributed by atoms with Crippen LogP contribution in [0, 0.1) is 0 Å². The van der Waals surface area contributed by atoms with Crippen molar-refractivity contribution in [2.45, 2.75) is 18.9 Å². The molecule has 0 fully saturated rings. The van der Waals surface area contributed by atoms with E-state index in [1.165, 1.54) is 9.80 Å². The molecule has 0 radical (unpaired) electrons. The zero-order valence-electron chi connectivity index (χ0n) is 15.6. The highest BCUT2D eigenvalue weighted by molar-refractivity contribution is 6.16. The number of nitrogens with zero attached hydrogens (tertiary/aromatic N) is 2. The summed E-state index contributed by atoms with van der Waals surface area (Å²) in [6.07, 6.45) is 0.647. The summed E-state index contributed by atoms with van der Waals surface area (Å²) in [5.74, 6) is -0.759. The predicted molar refractivity (Wildman–Crippen MR) is 104 cm³/mol. The van der Waals surface area contributed by atoms with Crippen LogP contribution in [-0.4, -0.2) is 30.3 Å². The van der Waals surface area contributed by atoms with Crippen molar-refractivity contribution < 1.29 is 14.0 Å². The lowest BCUT2D eigenvalue weighted by molar-refractivity contribution is -0.125. The minimum atomic E-state index is -1.47. The summed E-state index contributed by atoms with van der Waals surface area (Å²) in [5, 5.41) is 0.367. The second-order valence-corrected chi connectivity index (χ2v) is 7.18. The van der Waals surface area contributed by atoms with E-state index >= 15 is 0 Å². The molecule has 1 aromatic heterocycles. The molecule has 0 saturated heterocycles. The van der Waals surface area contributed by atoms with E-state index in [1.807, 2.05) is 31.2 Å². The van der Waals surface area contributed by atoms with Gasteiger partial charge in [0.05, 0.1) is 10.9 Å². The van der Waals surface area contributed by atoms with Gasteiger partial charge >= 0.3 is 0 Å². The van der Waals surface area contributed by atoms with E-state index in [-0.39, 0.29) is 22.7 Å². The number of anilines is 1. The normalized spacial score (nSPS) is 20.4. The van der Waals surface area contributed by atoms with Crippen molar-refractivity contribution in [1.82, 2.24) is 4.90 Å². The summed E-state index contributed by atoms with van der Waals surface area (Å²) in [7, 11) is 1.67. The number of carbonyl (C=O) groups is 2. The average molecular weight is 374 g/mol. The molecule has 3 aromatic rings. The van der Waals surface area contributed by atoms with E-state index in [0.717, 1.165) is 0 Å². The molecular weight excluding hydrogens is 356 g/mol. The molecule has 2 amide bonds. The van der Waals surface area contributed by atoms with Crippen molar-refractivity contribution in [3.05, 3.63) is 75.6 Å². The number of benzene rings is 2. The Balaban J connectivity index is 1.97. The van der Waals surface area contributed by atoms with Crippen LogP contribution < -0.4 is 10.3 Å². The molecular formula is C22H18N2O4. The number of likely N-dealkylation sites (N-methyl/N-ethyl adjacent to an activating group) is 1. The number of para-hydroxylation sites is 2. The fourth-order valence-electron chi connectivity index (χ4n) is 4.57. The summed E-state index contributed by atoms with van der Waals surface area (Å²) >= 11 is 0. The molecule has 1 spiro atoms. The number of hydrogen-bond acceptors (Lipinski definition) is 4. The zero-order chi connectivity index (χ0) is 19.6. The first kappa shape index (κ1) is 16.7. The van der Waals surface area contributed by atoms with E-state index in [2.05, 4.69) is 0 Å². The first-order chi connectivity index (χ1) is 13.5. The van der Waals surface area contributed by atoms with Gasteiger partial charge in [-0.15, -0.1) is 0 Å². The standard InChI is InChI=1S/C22H18N2O4/c1-3-12-24-20(26)19-17(18(25)13-8-4-7-11-16(13)28-19)22(24)14-9-5-6-10-15(14)23(2)21(22)27/h4-11H,3,12H2,1-2H3/t22-/m1/s1. The molecule has 0 saturated carbocycles. The molecule has 28 heavy (non-hydrogen) atoms. The molecule has 0 bridgehead atoms. The fraction of sp³-hybridized carbons (Fsp3) is 0.227. The summed E-state index contributed by atoms with van der Waals surface area (Å²) in [6, 6.07) is 14.1. The molecule has 5 rings (SSSR count). The molecule has 2 aromatic carbocycles. The van der Waals surface area contributed by atoms with Crippen LogP contribution in [0.25, 0.3) is 11.0 Å². The Hall–Kier alpha value is -3.41. The maximum Gasteiger partial charge on any atom is 0.291 e. The van der Waals surface area contributed by atoms with Crippen LogP contribution in [-0.2, 0) is 10.3 Å². The Morgan fingerprint density at radius 1 is 1.00 bits per heavy atom. The SMILES string of the molecule is CCCN1C(=O)c2oc3ccccc3c(=O)c2[C@]12C(=O)N(C)c1ccccc12. The molecule has 0 unspecified atom stereocenters. The van der Waals surface area contributed by atoms with Gasteiger partial charge in [-0.05, 0) is 24.6 Å². The van der Waals surface area contributed by atoms with Gasteiger partial charge in [0, 0.05) is 24.8 Å². The summed E-state index contributed by atoms with van der Waals surface area (Å²) in [5.41, 5.74) is 0.0135. The molecule has 140 valence electrons. The highest BCUT2D eigenvalue weighted by Gasteiger charge is 2.64.